The standard InChI is InChI=1S/C25H20BrN3O4S/c26-18-8-4-5-9-19(18)28-23(30)13-22-24(31)29(25(34-22)27-17-6-2-1-3-7-17)14-16-10-11-20-21(12-16)33-15-32-20/h1-12,22H,13-15H2,(H,28,30). The third kappa shape index (κ3) is 4.95. The summed E-state index contributed by atoms with van der Waals surface area (Å²) in [5.74, 6) is 0.953. The molecular formula is C25H20BrN3O4S. The number of amidine groups is 1. The number of nitrogens with zero attached hydrogens (tertiary/aromatic N) is 2. The van der Waals surface area contributed by atoms with Gasteiger partial charge in [-0.2, -0.15) is 0 Å². The van der Waals surface area contributed by atoms with Gasteiger partial charge in [-0.15, -0.1) is 0 Å². The third-order valence-corrected chi connectivity index (χ3v) is 7.16. The van der Waals surface area contributed by atoms with Gasteiger partial charge in [-0.1, -0.05) is 48.2 Å². The van der Waals surface area contributed by atoms with Crippen molar-refractivity contribution in [1.82, 2.24) is 4.90 Å². The van der Waals surface area contributed by atoms with Gasteiger partial charge < -0.3 is 14.8 Å². The lowest BCUT2D eigenvalue weighted by Gasteiger charge is -2.17. The summed E-state index contributed by atoms with van der Waals surface area (Å²) in [6, 6.07) is 22.4. The molecule has 1 saturated heterocycles. The van der Waals surface area contributed by atoms with Gasteiger partial charge in [0, 0.05) is 10.9 Å². The second kappa shape index (κ2) is 9.90. The lowest BCUT2D eigenvalue weighted by atomic mass is 10.1. The summed E-state index contributed by atoms with van der Waals surface area (Å²) in [7, 11) is 0. The highest BCUT2D eigenvalue weighted by molar-refractivity contribution is 9.10. The number of para-hydroxylation sites is 2. The molecule has 3 aromatic rings. The average molecular weight is 538 g/mol. The number of rotatable bonds is 6. The smallest absolute Gasteiger partial charge is 0.242 e. The van der Waals surface area contributed by atoms with Crippen molar-refractivity contribution in [3.63, 3.8) is 0 Å². The van der Waals surface area contributed by atoms with Crippen LogP contribution >= 0.6 is 27.7 Å². The number of hydrogen-bond donors (Lipinski definition) is 1. The fraction of sp³-hybridized carbons (Fsp3) is 0.160. The van der Waals surface area contributed by atoms with Gasteiger partial charge in [0.25, 0.3) is 0 Å². The molecule has 0 aliphatic carbocycles. The number of amides is 2. The number of carbonyl (C=O) groups is 2. The number of carbonyl (C=O) groups excluding carboxylic acids is 2. The van der Waals surface area contributed by atoms with Crippen LogP contribution in [0.3, 0.4) is 0 Å². The Morgan fingerprint density at radius 2 is 1.82 bits per heavy atom. The van der Waals surface area contributed by atoms with Crippen molar-refractivity contribution < 1.29 is 19.1 Å². The van der Waals surface area contributed by atoms with E-state index < -0.39 is 5.25 Å². The number of benzene rings is 3. The molecular weight excluding hydrogens is 518 g/mol. The quantitative estimate of drug-likeness (QED) is 0.459. The van der Waals surface area contributed by atoms with Crippen LogP contribution in [0.5, 0.6) is 11.5 Å². The number of thioether (sulfide) groups is 1. The molecule has 34 heavy (non-hydrogen) atoms. The molecule has 9 heteroatoms. The molecule has 0 radical (unpaired) electrons. The van der Waals surface area contributed by atoms with Gasteiger partial charge in [-0.3, -0.25) is 14.5 Å². The van der Waals surface area contributed by atoms with Gasteiger partial charge in [0.2, 0.25) is 18.6 Å². The van der Waals surface area contributed by atoms with Gasteiger partial charge in [0.1, 0.15) is 5.25 Å². The van der Waals surface area contributed by atoms with Crippen LogP contribution in [0.15, 0.2) is 82.3 Å². The normalized spacial score (nSPS) is 17.9. The number of anilines is 1. The molecule has 0 bridgehead atoms. The first-order valence-corrected chi connectivity index (χ1v) is 12.3. The van der Waals surface area contributed by atoms with Crippen LogP contribution in [-0.2, 0) is 16.1 Å². The Kier molecular flexibility index (Phi) is 6.55. The zero-order valence-electron chi connectivity index (χ0n) is 17.9. The number of nitrogens with one attached hydrogen (secondary N) is 1. The van der Waals surface area contributed by atoms with Crippen LogP contribution in [-0.4, -0.2) is 33.9 Å². The van der Waals surface area contributed by atoms with E-state index in [-0.39, 0.29) is 25.0 Å². The highest BCUT2D eigenvalue weighted by Crippen LogP contribution is 2.36. The molecule has 172 valence electrons. The Labute approximate surface area is 209 Å². The summed E-state index contributed by atoms with van der Waals surface area (Å²) < 4.78 is 11.6. The monoisotopic (exact) mass is 537 g/mol. The van der Waals surface area contributed by atoms with Crippen LogP contribution in [0.25, 0.3) is 0 Å². The molecule has 0 spiro atoms. The Morgan fingerprint density at radius 3 is 2.65 bits per heavy atom. The van der Waals surface area contributed by atoms with E-state index in [2.05, 4.69) is 21.2 Å². The maximum absolute atomic E-state index is 13.4. The zero-order chi connectivity index (χ0) is 23.5. The highest BCUT2D eigenvalue weighted by Gasteiger charge is 2.39. The van der Waals surface area contributed by atoms with Crippen LogP contribution in [0.4, 0.5) is 11.4 Å². The summed E-state index contributed by atoms with van der Waals surface area (Å²) in [4.78, 5) is 32.5. The molecule has 2 heterocycles. The number of halogens is 1. The van der Waals surface area contributed by atoms with E-state index in [1.165, 1.54) is 11.8 Å². The molecule has 3 aromatic carbocycles. The van der Waals surface area contributed by atoms with E-state index in [0.29, 0.717) is 28.9 Å². The van der Waals surface area contributed by atoms with Gasteiger partial charge in [-0.05, 0) is 57.9 Å². The van der Waals surface area contributed by atoms with E-state index in [9.17, 15) is 9.59 Å². The van der Waals surface area contributed by atoms with Crippen LogP contribution < -0.4 is 14.8 Å². The van der Waals surface area contributed by atoms with Gasteiger partial charge in [0.05, 0.1) is 17.9 Å². The van der Waals surface area contributed by atoms with E-state index >= 15 is 0 Å². The summed E-state index contributed by atoms with van der Waals surface area (Å²) >= 11 is 4.74. The number of aliphatic imine (C=N–C) groups is 1. The molecule has 2 aliphatic heterocycles. The molecule has 1 N–H and O–H groups in total. The number of ether oxygens (including phenoxy) is 2. The first-order valence-electron chi connectivity index (χ1n) is 10.6. The van der Waals surface area contributed by atoms with Crippen molar-refractivity contribution >= 4 is 56.0 Å². The van der Waals surface area contributed by atoms with Gasteiger partial charge in [0.15, 0.2) is 16.7 Å². The Hall–Kier alpha value is -3.30. The third-order valence-electron chi connectivity index (χ3n) is 5.30. The van der Waals surface area contributed by atoms with Crippen molar-refractivity contribution in [3.05, 3.63) is 82.8 Å². The summed E-state index contributed by atoms with van der Waals surface area (Å²) in [5, 5.41) is 2.87. The minimum absolute atomic E-state index is 0.0380. The summed E-state index contributed by atoms with van der Waals surface area (Å²) in [6.45, 7) is 0.503. The molecule has 7 nitrogen and oxygen atoms in total. The van der Waals surface area contributed by atoms with Crippen molar-refractivity contribution in [1.29, 1.82) is 0 Å². The number of fused-ring (bicyclic) bond motifs is 1. The lowest BCUT2D eigenvalue weighted by Crippen LogP contribution is -2.33. The van der Waals surface area contributed by atoms with E-state index in [0.717, 1.165) is 15.7 Å². The van der Waals surface area contributed by atoms with Crippen molar-refractivity contribution in [2.45, 2.75) is 18.2 Å². The predicted octanol–water partition coefficient (Wildman–Crippen LogP) is 5.34. The Morgan fingerprint density at radius 1 is 1.06 bits per heavy atom. The topological polar surface area (TPSA) is 80.2 Å². The minimum atomic E-state index is -0.570. The minimum Gasteiger partial charge on any atom is -0.454 e. The molecule has 0 aromatic heterocycles. The fourth-order valence-corrected chi connectivity index (χ4v) is 5.18. The van der Waals surface area contributed by atoms with E-state index in [4.69, 9.17) is 14.5 Å². The lowest BCUT2D eigenvalue weighted by molar-refractivity contribution is -0.128. The first kappa shape index (κ1) is 22.5. The molecule has 0 saturated carbocycles. The zero-order valence-corrected chi connectivity index (χ0v) is 20.3. The van der Waals surface area contributed by atoms with Gasteiger partial charge in [-0.25, -0.2) is 4.99 Å². The second-order valence-electron chi connectivity index (χ2n) is 7.68. The SMILES string of the molecule is O=C(CC1SC(=Nc2ccccc2)N(Cc2ccc3c(c2)OCO3)C1=O)Nc1ccccc1Br. The predicted molar refractivity (Wildman–Crippen MR) is 135 cm³/mol. The molecule has 1 fully saturated rings. The van der Waals surface area contributed by atoms with Crippen molar-refractivity contribution in [2.75, 3.05) is 12.1 Å². The van der Waals surface area contributed by atoms with E-state index in [1.807, 2.05) is 66.7 Å². The van der Waals surface area contributed by atoms with Crippen LogP contribution in [0.2, 0.25) is 0 Å². The first-order chi connectivity index (χ1) is 16.6. The summed E-state index contributed by atoms with van der Waals surface area (Å²) in [5.41, 5.74) is 2.29. The largest absolute Gasteiger partial charge is 0.454 e. The van der Waals surface area contributed by atoms with Crippen molar-refractivity contribution in [2.24, 2.45) is 4.99 Å². The highest BCUT2D eigenvalue weighted by atomic mass is 79.9. The van der Waals surface area contributed by atoms with Crippen LogP contribution in [0.1, 0.15) is 12.0 Å². The number of hydrogen-bond acceptors (Lipinski definition) is 6. The molecule has 1 unspecified atom stereocenters. The molecule has 5 rings (SSSR count). The van der Waals surface area contributed by atoms with Crippen molar-refractivity contribution in [3.8, 4) is 11.5 Å². The molecule has 1 atom stereocenters. The molecule has 2 amide bonds. The Balaban J connectivity index is 1.37. The maximum atomic E-state index is 13.4. The average Bonchev–Trinajstić information content (AvgIpc) is 3.41. The van der Waals surface area contributed by atoms with E-state index in [1.54, 1.807) is 11.0 Å². The Bertz CT molecular complexity index is 1270. The summed E-state index contributed by atoms with van der Waals surface area (Å²) in [6.07, 6.45) is 0.0380. The molecule has 2 aliphatic rings. The van der Waals surface area contributed by atoms with Gasteiger partial charge >= 0.3 is 0 Å². The second-order valence-corrected chi connectivity index (χ2v) is 9.70. The van der Waals surface area contributed by atoms with Crippen LogP contribution in [0, 0.1) is 0 Å². The fourth-order valence-electron chi connectivity index (χ4n) is 3.64. The maximum Gasteiger partial charge on any atom is 0.242 e.